The first-order valence-corrected chi connectivity index (χ1v) is 8.16. The van der Waals surface area contributed by atoms with Gasteiger partial charge in [0.05, 0.1) is 20.5 Å². The molecule has 0 aromatic carbocycles. The Kier molecular flexibility index (Phi) is 3.04. The molecule has 0 fully saturated rings. The summed E-state index contributed by atoms with van der Waals surface area (Å²) in [5.74, 6) is 0.773. The molecule has 0 spiro atoms. The van der Waals surface area contributed by atoms with Crippen LogP contribution in [0.1, 0.15) is 20.8 Å². The first kappa shape index (κ1) is 11.3. The van der Waals surface area contributed by atoms with Crippen LogP contribution in [0.3, 0.4) is 0 Å². The molecular formula is C10H20N2OSi. The van der Waals surface area contributed by atoms with Crippen LogP contribution in [0.25, 0.3) is 0 Å². The topological polar surface area (TPSA) is 37.9 Å². The summed E-state index contributed by atoms with van der Waals surface area (Å²) in [5.41, 5.74) is 0. The van der Waals surface area contributed by atoms with Gasteiger partial charge in [0, 0.05) is 6.07 Å². The van der Waals surface area contributed by atoms with Gasteiger partial charge in [-0.25, -0.2) is 5.10 Å². The summed E-state index contributed by atoms with van der Waals surface area (Å²) in [6.07, 6.45) is 2.54. The minimum absolute atomic E-state index is 0.368. The fraction of sp³-hybridized carbons (Fsp3) is 0.700. The predicted molar refractivity (Wildman–Crippen MR) is 61.3 cm³/mol. The van der Waals surface area contributed by atoms with Crippen molar-refractivity contribution in [3.63, 3.8) is 0 Å². The molecule has 1 heterocycles. The van der Waals surface area contributed by atoms with Crippen molar-refractivity contribution in [1.29, 1.82) is 0 Å². The van der Waals surface area contributed by atoms with Gasteiger partial charge in [0.15, 0.2) is 0 Å². The summed E-state index contributed by atoms with van der Waals surface area (Å²) < 4.78 is 5.68. The summed E-state index contributed by atoms with van der Waals surface area (Å²) in [6, 6.07) is 1.85. The van der Waals surface area contributed by atoms with E-state index in [1.165, 1.54) is 0 Å². The number of nitrogens with zero attached hydrogens (tertiary/aromatic N) is 1. The highest BCUT2D eigenvalue weighted by Gasteiger charge is 2.36. The van der Waals surface area contributed by atoms with Crippen LogP contribution in [0.4, 0.5) is 0 Å². The molecule has 1 rings (SSSR count). The van der Waals surface area contributed by atoms with Crippen molar-refractivity contribution in [1.82, 2.24) is 10.2 Å². The zero-order chi connectivity index (χ0) is 10.8. The molecule has 1 aromatic heterocycles. The molecule has 0 amide bonds. The second-order valence-electron chi connectivity index (χ2n) is 5.34. The number of rotatable bonds is 3. The van der Waals surface area contributed by atoms with Crippen LogP contribution in [0.5, 0.6) is 5.88 Å². The number of H-pyrrole nitrogens is 1. The number of nitrogens with one attached hydrogen (secondary N) is 1. The Bertz CT molecular complexity index is 275. The van der Waals surface area contributed by atoms with Gasteiger partial charge in [0.2, 0.25) is 5.88 Å². The Morgan fingerprint density at radius 3 is 2.50 bits per heavy atom. The van der Waals surface area contributed by atoms with E-state index in [-0.39, 0.29) is 0 Å². The van der Waals surface area contributed by atoms with Gasteiger partial charge in [-0.1, -0.05) is 33.9 Å². The molecule has 4 heteroatoms. The summed E-state index contributed by atoms with van der Waals surface area (Å²) >= 11 is 0. The molecule has 0 bridgehead atoms. The van der Waals surface area contributed by atoms with E-state index < -0.39 is 8.07 Å². The van der Waals surface area contributed by atoms with Gasteiger partial charge in [-0.3, -0.25) is 0 Å². The average Bonchev–Trinajstić information content (AvgIpc) is 2.50. The van der Waals surface area contributed by atoms with Crippen molar-refractivity contribution >= 4 is 8.07 Å². The minimum Gasteiger partial charge on any atom is -0.482 e. The molecule has 0 saturated heterocycles. The zero-order valence-electron chi connectivity index (χ0n) is 9.72. The normalized spacial score (nSPS) is 12.9. The van der Waals surface area contributed by atoms with Crippen LogP contribution in [0.2, 0.25) is 18.1 Å². The van der Waals surface area contributed by atoms with Crippen LogP contribution in [-0.2, 0) is 0 Å². The highest BCUT2D eigenvalue weighted by Crippen LogP contribution is 2.35. The molecule has 0 aliphatic carbocycles. The molecule has 0 unspecified atom stereocenters. The van der Waals surface area contributed by atoms with Crippen LogP contribution in [-0.4, -0.2) is 24.5 Å². The second kappa shape index (κ2) is 3.77. The molecule has 0 atom stereocenters. The molecule has 1 N–H and O–H groups in total. The Balaban J connectivity index is 2.53. The third kappa shape index (κ3) is 2.61. The summed E-state index contributed by atoms with van der Waals surface area (Å²) in [6.45, 7) is 11.6. The van der Waals surface area contributed by atoms with Gasteiger partial charge in [-0.05, 0) is 5.04 Å². The largest absolute Gasteiger partial charge is 0.482 e. The lowest BCUT2D eigenvalue weighted by Gasteiger charge is -2.36. The maximum absolute atomic E-state index is 5.68. The standard InChI is InChI=1S/C10H20N2OSi/c1-10(2,3)14(4,5)8-13-9-6-7-11-12-9/h6-7H,8H2,1-5H3,(H,11,12). The molecule has 0 aliphatic heterocycles. The second-order valence-corrected chi connectivity index (χ2v) is 10.9. The van der Waals surface area contributed by atoms with Gasteiger partial charge in [0.25, 0.3) is 0 Å². The third-order valence-corrected chi connectivity index (χ3v) is 8.02. The fourth-order valence-electron chi connectivity index (χ4n) is 0.798. The molecule has 1 aromatic rings. The fourth-order valence-corrected chi connectivity index (χ4v) is 1.75. The van der Waals surface area contributed by atoms with E-state index >= 15 is 0 Å². The quantitative estimate of drug-likeness (QED) is 0.782. The van der Waals surface area contributed by atoms with Crippen molar-refractivity contribution in [2.75, 3.05) is 6.23 Å². The van der Waals surface area contributed by atoms with E-state index in [0.29, 0.717) is 5.04 Å². The highest BCUT2D eigenvalue weighted by molar-refractivity contribution is 6.80. The molecule has 0 aliphatic rings. The molecule has 0 radical (unpaired) electrons. The zero-order valence-corrected chi connectivity index (χ0v) is 10.7. The van der Waals surface area contributed by atoms with E-state index in [0.717, 1.165) is 12.1 Å². The SMILES string of the molecule is CC(C)(C)[Si](C)(C)COc1ccn[nH]1. The van der Waals surface area contributed by atoms with Crippen molar-refractivity contribution in [3.8, 4) is 5.88 Å². The lowest BCUT2D eigenvalue weighted by molar-refractivity contribution is 0.355. The average molecular weight is 212 g/mol. The van der Waals surface area contributed by atoms with Gasteiger partial charge in [-0.15, -0.1) is 0 Å². The Morgan fingerprint density at radius 2 is 2.07 bits per heavy atom. The maximum atomic E-state index is 5.68. The van der Waals surface area contributed by atoms with Crippen LogP contribution >= 0.6 is 0 Å². The maximum Gasteiger partial charge on any atom is 0.208 e. The van der Waals surface area contributed by atoms with Crippen LogP contribution in [0.15, 0.2) is 12.3 Å². The number of ether oxygens (including phenoxy) is 1. The number of aromatic amines is 1. The van der Waals surface area contributed by atoms with E-state index in [4.69, 9.17) is 4.74 Å². The first-order chi connectivity index (χ1) is 6.33. The molecular weight excluding hydrogens is 192 g/mol. The predicted octanol–water partition coefficient (Wildman–Crippen LogP) is 2.84. The summed E-state index contributed by atoms with van der Waals surface area (Å²) in [5, 5.41) is 7.03. The minimum atomic E-state index is -1.33. The monoisotopic (exact) mass is 212 g/mol. The number of aromatic nitrogens is 2. The number of hydrogen-bond acceptors (Lipinski definition) is 2. The van der Waals surface area contributed by atoms with Gasteiger partial charge >= 0.3 is 0 Å². The summed E-state index contributed by atoms with van der Waals surface area (Å²) in [7, 11) is -1.33. The summed E-state index contributed by atoms with van der Waals surface area (Å²) in [4.78, 5) is 0. The van der Waals surface area contributed by atoms with Crippen molar-refractivity contribution < 1.29 is 4.74 Å². The highest BCUT2D eigenvalue weighted by atomic mass is 28.3. The Labute approximate surface area is 86.9 Å². The van der Waals surface area contributed by atoms with Crippen molar-refractivity contribution in [3.05, 3.63) is 12.3 Å². The van der Waals surface area contributed by atoms with Crippen molar-refractivity contribution in [2.45, 2.75) is 38.9 Å². The van der Waals surface area contributed by atoms with Gasteiger partial charge in [-0.2, -0.15) is 5.10 Å². The van der Waals surface area contributed by atoms with Gasteiger partial charge < -0.3 is 4.74 Å². The smallest absolute Gasteiger partial charge is 0.208 e. The molecule has 14 heavy (non-hydrogen) atoms. The van der Waals surface area contributed by atoms with E-state index in [1.807, 2.05) is 6.07 Å². The van der Waals surface area contributed by atoms with Crippen LogP contribution in [0, 0.1) is 0 Å². The molecule has 3 nitrogen and oxygen atoms in total. The van der Waals surface area contributed by atoms with E-state index in [2.05, 4.69) is 44.1 Å². The first-order valence-electron chi connectivity index (χ1n) is 4.95. The third-order valence-electron chi connectivity index (χ3n) is 3.09. The lowest BCUT2D eigenvalue weighted by Crippen LogP contribution is -2.43. The molecule has 80 valence electrons. The van der Waals surface area contributed by atoms with E-state index in [9.17, 15) is 0 Å². The molecule has 0 saturated carbocycles. The van der Waals surface area contributed by atoms with Gasteiger partial charge in [0.1, 0.15) is 0 Å². The van der Waals surface area contributed by atoms with Crippen molar-refractivity contribution in [2.24, 2.45) is 0 Å². The Morgan fingerprint density at radius 1 is 1.43 bits per heavy atom. The number of hydrogen-bond donors (Lipinski definition) is 1. The lowest BCUT2D eigenvalue weighted by atomic mass is 10.2. The Hall–Kier alpha value is -0.773. The van der Waals surface area contributed by atoms with E-state index in [1.54, 1.807) is 6.20 Å². The van der Waals surface area contributed by atoms with Crippen LogP contribution < -0.4 is 4.74 Å².